The van der Waals surface area contributed by atoms with Gasteiger partial charge in [0.1, 0.15) is 0 Å². The van der Waals surface area contributed by atoms with Gasteiger partial charge >= 0.3 is 0 Å². The molecule has 18 heavy (non-hydrogen) atoms. The van der Waals surface area contributed by atoms with E-state index >= 15 is 0 Å². The molecule has 0 fully saturated rings. The van der Waals surface area contributed by atoms with E-state index < -0.39 is 0 Å². The fourth-order valence-corrected chi connectivity index (χ4v) is 2.96. The zero-order valence-electron chi connectivity index (χ0n) is 10.1. The molecule has 1 heterocycles. The molecule has 0 atom stereocenters. The quantitative estimate of drug-likeness (QED) is 0.590. The molecule has 1 aromatic heterocycles. The zero-order chi connectivity index (χ0) is 13.0. The summed E-state index contributed by atoms with van der Waals surface area (Å²) >= 11 is 3.01. The van der Waals surface area contributed by atoms with E-state index in [2.05, 4.69) is 39.8 Å². The maximum atomic E-state index is 10.6. The number of benzene rings is 1. The highest BCUT2D eigenvalue weighted by Gasteiger charge is 2.07. The number of rotatable bonds is 3. The molecule has 4 nitrogen and oxygen atoms in total. The average Bonchev–Trinajstić information content (AvgIpc) is 2.74. The third-order valence-electron chi connectivity index (χ3n) is 2.07. The van der Waals surface area contributed by atoms with Crippen LogP contribution in [0, 0.1) is 0 Å². The number of fused-ring (bicyclic) bond motifs is 1. The summed E-state index contributed by atoms with van der Waals surface area (Å²) in [6, 6.07) is 8.48. The Hall–Kier alpha value is -1.40. The van der Waals surface area contributed by atoms with Crippen molar-refractivity contribution in [1.82, 2.24) is 10.2 Å². The topological polar surface area (TPSA) is 54.9 Å². The first-order valence-electron chi connectivity index (χ1n) is 5.53. The van der Waals surface area contributed by atoms with Gasteiger partial charge in [0, 0.05) is 6.92 Å². The molecule has 0 unspecified atom stereocenters. The summed E-state index contributed by atoms with van der Waals surface area (Å²) in [7, 11) is 0. The van der Waals surface area contributed by atoms with Gasteiger partial charge in [0.25, 0.3) is 0 Å². The fraction of sp³-hybridized carbons (Fsp3) is 0.250. The second kappa shape index (κ2) is 5.97. The number of hydrogen-bond acceptors (Lipinski definition) is 5. The van der Waals surface area contributed by atoms with Crippen molar-refractivity contribution in [2.75, 3.05) is 11.1 Å². The van der Waals surface area contributed by atoms with Gasteiger partial charge in [0.05, 0.1) is 0 Å². The monoisotopic (exact) mass is 279 g/mol. The van der Waals surface area contributed by atoms with Crippen molar-refractivity contribution in [3.05, 3.63) is 24.3 Å². The molecule has 94 valence electrons. The molecule has 1 N–H and O–H groups in total. The highest BCUT2D eigenvalue weighted by molar-refractivity contribution is 8.01. The van der Waals surface area contributed by atoms with Gasteiger partial charge in [-0.3, -0.25) is 4.79 Å². The van der Waals surface area contributed by atoms with Crippen LogP contribution in [0.4, 0.5) is 5.13 Å². The smallest absolute Gasteiger partial charge is 0.223 e. The normalized spacial score (nSPS) is 10.3. The summed E-state index contributed by atoms with van der Waals surface area (Å²) in [6.07, 6.45) is 0. The van der Waals surface area contributed by atoms with Crippen molar-refractivity contribution < 1.29 is 4.79 Å². The molecule has 0 spiro atoms. The second-order valence-electron chi connectivity index (χ2n) is 3.57. The lowest BCUT2D eigenvalue weighted by molar-refractivity contribution is -0.114. The molecule has 0 radical (unpaired) electrons. The maximum absolute atomic E-state index is 10.6. The van der Waals surface area contributed by atoms with Crippen molar-refractivity contribution in [3.63, 3.8) is 0 Å². The minimum Gasteiger partial charge on any atom is -0.301 e. The number of nitrogens with zero attached hydrogens (tertiary/aromatic N) is 2. The maximum Gasteiger partial charge on any atom is 0.223 e. The molecule has 6 heteroatoms. The molecular formula is C12H13N3OS2. The minimum atomic E-state index is -0.112. The fourth-order valence-electron chi connectivity index (χ4n) is 1.27. The molecule has 0 bridgehead atoms. The third-order valence-corrected chi connectivity index (χ3v) is 3.92. The van der Waals surface area contributed by atoms with Crippen LogP contribution in [0.5, 0.6) is 0 Å². The van der Waals surface area contributed by atoms with Crippen molar-refractivity contribution in [3.8, 4) is 11.1 Å². The lowest BCUT2D eigenvalue weighted by Crippen LogP contribution is -2.04. The van der Waals surface area contributed by atoms with Crippen LogP contribution in [0.1, 0.15) is 13.8 Å². The Morgan fingerprint density at radius 1 is 1.39 bits per heavy atom. The van der Waals surface area contributed by atoms with Crippen molar-refractivity contribution in [2.24, 2.45) is 0 Å². The van der Waals surface area contributed by atoms with Gasteiger partial charge in [0.2, 0.25) is 11.0 Å². The molecule has 1 aromatic rings. The van der Waals surface area contributed by atoms with Gasteiger partial charge < -0.3 is 5.32 Å². The Kier molecular flexibility index (Phi) is 4.33. The number of hydrogen-bond donors (Lipinski definition) is 1. The molecule has 2 aliphatic carbocycles. The molecule has 0 saturated heterocycles. The summed E-state index contributed by atoms with van der Waals surface area (Å²) in [6.45, 7) is 3.50. The van der Waals surface area contributed by atoms with E-state index in [0.29, 0.717) is 5.13 Å². The number of aromatic nitrogens is 2. The van der Waals surface area contributed by atoms with Crippen LogP contribution >= 0.6 is 23.1 Å². The summed E-state index contributed by atoms with van der Waals surface area (Å²) in [5.74, 6) is 0.855. The molecule has 0 saturated carbocycles. The van der Waals surface area contributed by atoms with E-state index in [9.17, 15) is 4.79 Å². The number of nitrogens with one attached hydrogen (secondary N) is 1. The summed E-state index contributed by atoms with van der Waals surface area (Å²) in [4.78, 5) is 10.6. The van der Waals surface area contributed by atoms with Crippen molar-refractivity contribution in [2.45, 2.75) is 18.2 Å². The third kappa shape index (κ3) is 3.82. The lowest BCUT2D eigenvalue weighted by Gasteiger charge is -1.90. The van der Waals surface area contributed by atoms with Gasteiger partial charge in [0.15, 0.2) is 4.34 Å². The summed E-state index contributed by atoms with van der Waals surface area (Å²) < 4.78 is 0.890. The Morgan fingerprint density at radius 3 is 2.56 bits per heavy atom. The zero-order valence-corrected chi connectivity index (χ0v) is 11.8. The van der Waals surface area contributed by atoms with Crippen LogP contribution in [0.25, 0.3) is 11.1 Å². The first-order chi connectivity index (χ1) is 8.69. The number of thioether (sulfide) groups is 1. The number of carbonyl (C=O) groups excluding carboxylic acids is 1. The van der Waals surface area contributed by atoms with Crippen molar-refractivity contribution >= 4 is 34.1 Å². The standard InChI is InChI=1S/C6H9N3OS2.C6H4/c1-3-11-6-9-8-5(12-6)7-4(2)10;1-2-5-4-6(5)3-1/h3H2,1-2H3,(H,7,8,10);1-4H. The van der Waals surface area contributed by atoms with E-state index in [1.165, 1.54) is 29.4 Å². The van der Waals surface area contributed by atoms with Crippen LogP contribution in [0.3, 0.4) is 0 Å². The largest absolute Gasteiger partial charge is 0.301 e. The molecule has 2 aliphatic rings. The summed E-state index contributed by atoms with van der Waals surface area (Å²) in [5, 5.41) is 10.8. The predicted octanol–water partition coefficient (Wildman–Crippen LogP) is 3.28. The highest BCUT2D eigenvalue weighted by atomic mass is 32.2. The van der Waals surface area contributed by atoms with E-state index in [4.69, 9.17) is 0 Å². The van der Waals surface area contributed by atoms with Crippen LogP contribution < -0.4 is 5.32 Å². The van der Waals surface area contributed by atoms with Gasteiger partial charge in [-0.1, -0.05) is 48.2 Å². The average molecular weight is 279 g/mol. The van der Waals surface area contributed by atoms with Gasteiger partial charge in [-0.15, -0.1) is 10.2 Å². The van der Waals surface area contributed by atoms with Gasteiger partial charge in [-0.25, -0.2) is 0 Å². The van der Waals surface area contributed by atoms with E-state index in [0.717, 1.165) is 10.1 Å². The van der Waals surface area contributed by atoms with E-state index in [1.54, 1.807) is 11.8 Å². The molecule has 0 aliphatic heterocycles. The van der Waals surface area contributed by atoms with Crippen LogP contribution in [-0.4, -0.2) is 21.9 Å². The minimum absolute atomic E-state index is 0.112. The first kappa shape index (κ1) is 13.0. The molecule has 0 aromatic carbocycles. The Labute approximate surface area is 114 Å². The molecular weight excluding hydrogens is 266 g/mol. The van der Waals surface area contributed by atoms with Crippen LogP contribution in [-0.2, 0) is 4.79 Å². The number of anilines is 1. The predicted molar refractivity (Wildman–Crippen MR) is 76.0 cm³/mol. The Morgan fingerprint density at radius 2 is 2.11 bits per heavy atom. The highest BCUT2D eigenvalue weighted by Crippen LogP contribution is 2.32. The van der Waals surface area contributed by atoms with Crippen LogP contribution in [0.2, 0.25) is 0 Å². The first-order valence-corrected chi connectivity index (χ1v) is 7.33. The second-order valence-corrected chi connectivity index (χ2v) is 6.06. The summed E-state index contributed by atoms with van der Waals surface area (Å²) in [5.41, 5.74) is 2.85. The lowest BCUT2D eigenvalue weighted by atomic mass is 10.6. The van der Waals surface area contributed by atoms with Gasteiger partial charge in [-0.05, 0) is 22.9 Å². The Balaban J connectivity index is 0.000000164. The van der Waals surface area contributed by atoms with Gasteiger partial charge in [-0.2, -0.15) is 0 Å². The molecule has 1 amide bonds. The number of carbonyl (C=O) groups is 1. The molecule has 3 rings (SSSR count). The SMILES string of the molecule is CCSc1nnc(NC(C)=O)s1.c1cc2cc-2c1. The van der Waals surface area contributed by atoms with Crippen LogP contribution in [0.15, 0.2) is 28.6 Å². The van der Waals surface area contributed by atoms with Crippen molar-refractivity contribution in [1.29, 1.82) is 0 Å². The number of amides is 1. The van der Waals surface area contributed by atoms with E-state index in [1.807, 2.05) is 6.92 Å². The van der Waals surface area contributed by atoms with E-state index in [-0.39, 0.29) is 5.91 Å². The Bertz CT molecular complexity index is 537.